The van der Waals surface area contributed by atoms with Crippen LogP contribution in [0.2, 0.25) is 5.02 Å². The lowest BCUT2D eigenvalue weighted by atomic mass is 10.1. The smallest absolute Gasteiger partial charge is 0.0693 e. The van der Waals surface area contributed by atoms with Crippen molar-refractivity contribution in [2.45, 2.75) is 32.5 Å². The van der Waals surface area contributed by atoms with Crippen LogP contribution >= 0.6 is 11.6 Å². The molecule has 0 bridgehead atoms. The minimum absolute atomic E-state index is 0.201. The average Bonchev–Trinajstić information content (AvgIpc) is 2.26. The van der Waals surface area contributed by atoms with Gasteiger partial charge in [-0.2, -0.15) is 0 Å². The summed E-state index contributed by atoms with van der Waals surface area (Å²) in [6.45, 7) is 4.92. The summed E-state index contributed by atoms with van der Waals surface area (Å²) in [5.41, 5.74) is 1.12. The standard InChI is InChI=1S/C12H18ClNO/c1-9(10(2)15-3)14-8-11-6-4-5-7-12(11)13/h4-7,9-10,14H,8H2,1-3H3. The minimum atomic E-state index is 0.201. The number of hydrogen-bond acceptors (Lipinski definition) is 2. The second-order valence-corrected chi connectivity index (χ2v) is 4.11. The highest BCUT2D eigenvalue weighted by Gasteiger charge is 2.10. The Morgan fingerprint density at radius 1 is 1.33 bits per heavy atom. The molecule has 0 aromatic heterocycles. The van der Waals surface area contributed by atoms with Crippen molar-refractivity contribution in [3.63, 3.8) is 0 Å². The summed E-state index contributed by atoms with van der Waals surface area (Å²) in [5, 5.41) is 4.19. The van der Waals surface area contributed by atoms with E-state index in [0.29, 0.717) is 6.04 Å². The molecule has 2 atom stereocenters. The Morgan fingerprint density at radius 2 is 2.00 bits per heavy atom. The van der Waals surface area contributed by atoms with Gasteiger partial charge in [0.05, 0.1) is 6.10 Å². The Bertz CT molecular complexity index is 303. The summed E-state index contributed by atoms with van der Waals surface area (Å²) < 4.78 is 5.24. The third-order valence-electron chi connectivity index (χ3n) is 2.65. The van der Waals surface area contributed by atoms with E-state index in [1.54, 1.807) is 7.11 Å². The van der Waals surface area contributed by atoms with Gasteiger partial charge in [0.1, 0.15) is 0 Å². The zero-order valence-corrected chi connectivity index (χ0v) is 10.2. The second kappa shape index (κ2) is 6.11. The molecule has 0 aliphatic carbocycles. The number of rotatable bonds is 5. The van der Waals surface area contributed by atoms with Gasteiger partial charge in [-0.15, -0.1) is 0 Å². The van der Waals surface area contributed by atoms with Gasteiger partial charge in [0.25, 0.3) is 0 Å². The zero-order valence-electron chi connectivity index (χ0n) is 9.46. The van der Waals surface area contributed by atoms with Gasteiger partial charge in [-0.3, -0.25) is 0 Å². The molecule has 1 aromatic rings. The van der Waals surface area contributed by atoms with E-state index in [0.717, 1.165) is 17.1 Å². The monoisotopic (exact) mass is 227 g/mol. The molecule has 1 N–H and O–H groups in total. The van der Waals surface area contributed by atoms with E-state index in [9.17, 15) is 0 Å². The molecule has 0 radical (unpaired) electrons. The van der Waals surface area contributed by atoms with Crippen molar-refractivity contribution in [1.29, 1.82) is 0 Å². The first kappa shape index (κ1) is 12.5. The fourth-order valence-corrected chi connectivity index (χ4v) is 1.49. The van der Waals surface area contributed by atoms with Crippen LogP contribution in [0.3, 0.4) is 0 Å². The van der Waals surface area contributed by atoms with Crippen LogP contribution in [0, 0.1) is 0 Å². The Labute approximate surface area is 96.6 Å². The van der Waals surface area contributed by atoms with Crippen molar-refractivity contribution in [3.8, 4) is 0 Å². The van der Waals surface area contributed by atoms with Gasteiger partial charge in [-0.1, -0.05) is 29.8 Å². The Hall–Kier alpha value is -0.570. The molecule has 0 fully saturated rings. The highest BCUT2D eigenvalue weighted by molar-refractivity contribution is 6.31. The summed E-state index contributed by atoms with van der Waals surface area (Å²) in [7, 11) is 1.72. The first-order chi connectivity index (χ1) is 7.15. The van der Waals surface area contributed by atoms with E-state index in [-0.39, 0.29) is 6.10 Å². The number of halogens is 1. The number of nitrogens with one attached hydrogen (secondary N) is 1. The number of methoxy groups -OCH3 is 1. The fourth-order valence-electron chi connectivity index (χ4n) is 1.28. The Morgan fingerprint density at radius 3 is 2.60 bits per heavy atom. The third-order valence-corrected chi connectivity index (χ3v) is 3.02. The normalized spacial score (nSPS) is 14.9. The van der Waals surface area contributed by atoms with Gasteiger partial charge < -0.3 is 10.1 Å². The first-order valence-corrected chi connectivity index (χ1v) is 5.52. The van der Waals surface area contributed by atoms with Crippen LogP contribution in [0.15, 0.2) is 24.3 Å². The van der Waals surface area contributed by atoms with E-state index < -0.39 is 0 Å². The van der Waals surface area contributed by atoms with Crippen LogP contribution in [0.5, 0.6) is 0 Å². The molecule has 2 nitrogen and oxygen atoms in total. The SMILES string of the molecule is COC(C)C(C)NCc1ccccc1Cl. The molecule has 0 aliphatic heterocycles. The summed E-state index contributed by atoms with van der Waals surface area (Å²) in [4.78, 5) is 0. The average molecular weight is 228 g/mol. The zero-order chi connectivity index (χ0) is 11.3. The lowest BCUT2D eigenvalue weighted by molar-refractivity contribution is 0.0882. The van der Waals surface area contributed by atoms with Gasteiger partial charge in [-0.25, -0.2) is 0 Å². The van der Waals surface area contributed by atoms with Crippen molar-refractivity contribution in [1.82, 2.24) is 5.32 Å². The van der Waals surface area contributed by atoms with Crippen LogP contribution in [-0.2, 0) is 11.3 Å². The highest BCUT2D eigenvalue weighted by Crippen LogP contribution is 2.14. The maximum absolute atomic E-state index is 6.05. The Balaban J connectivity index is 2.47. The van der Waals surface area contributed by atoms with Crippen molar-refractivity contribution < 1.29 is 4.74 Å². The van der Waals surface area contributed by atoms with Gasteiger partial charge in [0.2, 0.25) is 0 Å². The van der Waals surface area contributed by atoms with Crippen LogP contribution in [0.1, 0.15) is 19.4 Å². The largest absolute Gasteiger partial charge is 0.380 e. The van der Waals surface area contributed by atoms with Gasteiger partial charge in [0, 0.05) is 24.7 Å². The van der Waals surface area contributed by atoms with E-state index >= 15 is 0 Å². The molecular formula is C12H18ClNO. The van der Waals surface area contributed by atoms with E-state index in [1.807, 2.05) is 31.2 Å². The quantitative estimate of drug-likeness (QED) is 0.835. The molecule has 1 rings (SSSR count). The Kier molecular flexibility index (Phi) is 5.09. The molecule has 0 saturated carbocycles. The lowest BCUT2D eigenvalue weighted by Crippen LogP contribution is -2.36. The van der Waals surface area contributed by atoms with Crippen LogP contribution in [-0.4, -0.2) is 19.3 Å². The van der Waals surface area contributed by atoms with E-state index in [4.69, 9.17) is 16.3 Å². The molecule has 2 unspecified atom stereocenters. The van der Waals surface area contributed by atoms with Crippen molar-refractivity contribution in [2.24, 2.45) is 0 Å². The first-order valence-electron chi connectivity index (χ1n) is 5.14. The van der Waals surface area contributed by atoms with Gasteiger partial charge in [-0.05, 0) is 25.5 Å². The van der Waals surface area contributed by atoms with Gasteiger partial charge in [0.15, 0.2) is 0 Å². The molecule has 0 heterocycles. The molecule has 1 aromatic carbocycles. The maximum atomic E-state index is 6.05. The molecule has 0 spiro atoms. The molecule has 84 valence electrons. The van der Waals surface area contributed by atoms with Crippen molar-refractivity contribution >= 4 is 11.6 Å². The molecule has 3 heteroatoms. The summed E-state index contributed by atoms with van der Waals surface area (Å²) >= 11 is 6.05. The molecule has 0 aliphatic rings. The van der Waals surface area contributed by atoms with E-state index in [1.165, 1.54) is 0 Å². The number of ether oxygens (including phenoxy) is 1. The maximum Gasteiger partial charge on any atom is 0.0693 e. The topological polar surface area (TPSA) is 21.3 Å². The van der Waals surface area contributed by atoms with Crippen LogP contribution in [0.4, 0.5) is 0 Å². The molecular weight excluding hydrogens is 210 g/mol. The van der Waals surface area contributed by atoms with E-state index in [2.05, 4.69) is 12.2 Å². The van der Waals surface area contributed by atoms with Gasteiger partial charge >= 0.3 is 0 Å². The molecule has 0 saturated heterocycles. The highest BCUT2D eigenvalue weighted by atomic mass is 35.5. The van der Waals surface area contributed by atoms with Crippen molar-refractivity contribution in [3.05, 3.63) is 34.9 Å². The van der Waals surface area contributed by atoms with Crippen LogP contribution in [0.25, 0.3) is 0 Å². The summed E-state index contributed by atoms with van der Waals surface area (Å²) in [6, 6.07) is 8.18. The number of benzene rings is 1. The summed E-state index contributed by atoms with van der Waals surface area (Å²) in [6.07, 6.45) is 0.201. The lowest BCUT2D eigenvalue weighted by Gasteiger charge is -2.20. The predicted molar refractivity (Wildman–Crippen MR) is 64.2 cm³/mol. The molecule has 0 amide bonds. The van der Waals surface area contributed by atoms with Crippen LogP contribution < -0.4 is 5.32 Å². The third kappa shape index (κ3) is 3.82. The predicted octanol–water partition coefficient (Wildman–Crippen LogP) is 2.85. The number of hydrogen-bond donors (Lipinski definition) is 1. The summed E-state index contributed by atoms with van der Waals surface area (Å²) in [5.74, 6) is 0. The van der Waals surface area contributed by atoms with Crippen molar-refractivity contribution in [2.75, 3.05) is 7.11 Å². The molecule has 15 heavy (non-hydrogen) atoms. The second-order valence-electron chi connectivity index (χ2n) is 3.70. The fraction of sp³-hybridized carbons (Fsp3) is 0.500. The minimum Gasteiger partial charge on any atom is -0.380 e.